The molecule has 0 atom stereocenters. The van der Waals surface area contributed by atoms with Gasteiger partial charge in [0.15, 0.2) is 11.8 Å². The normalized spacial score (nSPS) is 11.7. The second-order valence-corrected chi connectivity index (χ2v) is 6.06. The van der Waals surface area contributed by atoms with Crippen LogP contribution >= 0.6 is 0 Å². The van der Waals surface area contributed by atoms with Crippen molar-refractivity contribution in [2.75, 3.05) is 6.54 Å². The molecule has 26 heavy (non-hydrogen) atoms. The lowest BCUT2D eigenvalue weighted by Crippen LogP contribution is -2.37. The van der Waals surface area contributed by atoms with E-state index < -0.39 is 0 Å². The number of nitrogens with zero attached hydrogens (tertiary/aromatic N) is 4. The van der Waals surface area contributed by atoms with Gasteiger partial charge in [0.05, 0.1) is 6.54 Å². The van der Waals surface area contributed by atoms with Crippen molar-refractivity contribution in [3.8, 4) is 0 Å². The molecular weight excluding hydrogens is 328 g/mol. The van der Waals surface area contributed by atoms with E-state index in [1.165, 1.54) is 0 Å². The number of nitrogens with one attached hydrogen (secondary N) is 2. The minimum absolute atomic E-state index is 0.433. The van der Waals surface area contributed by atoms with E-state index in [0.717, 1.165) is 33.9 Å². The van der Waals surface area contributed by atoms with E-state index in [1.807, 2.05) is 36.7 Å². The first-order chi connectivity index (χ1) is 12.6. The highest BCUT2D eigenvalue weighted by molar-refractivity contribution is 5.83. The molecule has 3 aromatic rings. The largest absolute Gasteiger partial charge is 0.459 e. The molecule has 0 spiro atoms. The summed E-state index contributed by atoms with van der Waals surface area (Å²) in [5.74, 6) is 3.24. The molecular formula is C19H24N6O. The topological polar surface area (TPSA) is 80.3 Å². The monoisotopic (exact) mass is 352 g/mol. The number of aryl methyl sites for hydroxylation is 2. The molecule has 0 aliphatic carbocycles. The zero-order chi connectivity index (χ0) is 18.5. The SMILES string of the molecule is C=CCNC(=NCc1nnc(C)n1C)NCc1oc2ccccc2c1C. The van der Waals surface area contributed by atoms with E-state index in [4.69, 9.17) is 4.42 Å². The fourth-order valence-corrected chi connectivity index (χ4v) is 2.64. The van der Waals surface area contributed by atoms with Crippen LogP contribution < -0.4 is 10.6 Å². The van der Waals surface area contributed by atoms with Crippen LogP contribution in [-0.4, -0.2) is 27.3 Å². The number of rotatable bonds is 6. The van der Waals surface area contributed by atoms with E-state index in [1.54, 1.807) is 6.08 Å². The van der Waals surface area contributed by atoms with Crippen molar-refractivity contribution in [1.82, 2.24) is 25.4 Å². The Morgan fingerprint density at radius 1 is 1.27 bits per heavy atom. The first-order valence-electron chi connectivity index (χ1n) is 8.55. The van der Waals surface area contributed by atoms with Gasteiger partial charge in [-0.05, 0) is 19.9 Å². The highest BCUT2D eigenvalue weighted by atomic mass is 16.3. The molecule has 7 nitrogen and oxygen atoms in total. The van der Waals surface area contributed by atoms with Crippen molar-refractivity contribution in [1.29, 1.82) is 0 Å². The number of aliphatic imine (C=N–C) groups is 1. The van der Waals surface area contributed by atoms with Crippen molar-refractivity contribution < 1.29 is 4.42 Å². The van der Waals surface area contributed by atoms with Crippen LogP contribution in [0.4, 0.5) is 0 Å². The van der Waals surface area contributed by atoms with Crippen molar-refractivity contribution in [2.45, 2.75) is 26.9 Å². The Hall–Kier alpha value is -3.09. The Bertz CT molecular complexity index is 937. The molecule has 0 saturated carbocycles. The fourth-order valence-electron chi connectivity index (χ4n) is 2.64. The third-order valence-electron chi connectivity index (χ3n) is 4.33. The highest BCUT2D eigenvalue weighted by Gasteiger charge is 2.11. The molecule has 2 aromatic heterocycles. The van der Waals surface area contributed by atoms with E-state index in [0.29, 0.717) is 25.6 Å². The van der Waals surface area contributed by atoms with Crippen LogP contribution in [0.25, 0.3) is 11.0 Å². The lowest BCUT2D eigenvalue weighted by atomic mass is 10.1. The third kappa shape index (κ3) is 3.77. The Balaban J connectivity index is 1.73. The van der Waals surface area contributed by atoms with Crippen LogP contribution in [0.3, 0.4) is 0 Å². The second-order valence-electron chi connectivity index (χ2n) is 6.06. The maximum absolute atomic E-state index is 5.95. The molecule has 2 N–H and O–H groups in total. The molecule has 7 heteroatoms. The molecule has 0 amide bonds. The van der Waals surface area contributed by atoms with Crippen molar-refractivity contribution in [2.24, 2.45) is 12.0 Å². The van der Waals surface area contributed by atoms with E-state index in [2.05, 4.69) is 45.4 Å². The Morgan fingerprint density at radius 2 is 2.08 bits per heavy atom. The smallest absolute Gasteiger partial charge is 0.192 e. The lowest BCUT2D eigenvalue weighted by Gasteiger charge is -2.10. The molecule has 0 fully saturated rings. The average molecular weight is 352 g/mol. The van der Waals surface area contributed by atoms with E-state index in [9.17, 15) is 0 Å². The maximum atomic E-state index is 5.95. The third-order valence-corrected chi connectivity index (χ3v) is 4.33. The van der Waals surface area contributed by atoms with Crippen LogP contribution in [0, 0.1) is 13.8 Å². The van der Waals surface area contributed by atoms with Gasteiger partial charge in [0.2, 0.25) is 0 Å². The molecule has 0 saturated heterocycles. The number of furan rings is 1. The zero-order valence-electron chi connectivity index (χ0n) is 15.4. The fraction of sp³-hybridized carbons (Fsp3) is 0.316. The predicted octanol–water partition coefficient (Wildman–Crippen LogP) is 2.60. The highest BCUT2D eigenvalue weighted by Crippen LogP contribution is 2.24. The number of guanidine groups is 1. The van der Waals surface area contributed by atoms with E-state index in [-0.39, 0.29) is 0 Å². The molecule has 0 unspecified atom stereocenters. The van der Waals surface area contributed by atoms with Gasteiger partial charge >= 0.3 is 0 Å². The van der Waals surface area contributed by atoms with Crippen LogP contribution in [-0.2, 0) is 20.1 Å². The number of para-hydroxylation sites is 1. The molecule has 0 aliphatic heterocycles. The number of fused-ring (bicyclic) bond motifs is 1. The van der Waals surface area contributed by atoms with Gasteiger partial charge in [-0.3, -0.25) is 0 Å². The number of hydrogen-bond acceptors (Lipinski definition) is 4. The molecule has 1 aromatic carbocycles. The summed E-state index contributed by atoms with van der Waals surface area (Å²) in [5.41, 5.74) is 2.04. The summed E-state index contributed by atoms with van der Waals surface area (Å²) in [6.45, 7) is 9.31. The van der Waals surface area contributed by atoms with Gasteiger partial charge in [-0.15, -0.1) is 16.8 Å². The van der Waals surface area contributed by atoms with Crippen LogP contribution in [0.5, 0.6) is 0 Å². The van der Waals surface area contributed by atoms with Crippen molar-refractivity contribution in [3.63, 3.8) is 0 Å². The summed E-state index contributed by atoms with van der Waals surface area (Å²) in [7, 11) is 1.93. The van der Waals surface area contributed by atoms with Crippen LogP contribution in [0.15, 0.2) is 46.3 Å². The standard InChI is InChI=1S/C19H24N6O/c1-5-10-20-19(22-12-18-24-23-14(3)25(18)4)21-11-17-13(2)15-8-6-7-9-16(15)26-17/h5-9H,1,10-12H2,2-4H3,(H2,20,21,22). The number of aromatic nitrogens is 3. The first kappa shape index (κ1) is 17.7. The summed E-state index contributed by atoms with van der Waals surface area (Å²) < 4.78 is 7.88. The molecule has 136 valence electrons. The summed E-state index contributed by atoms with van der Waals surface area (Å²) in [6, 6.07) is 8.04. The lowest BCUT2D eigenvalue weighted by molar-refractivity contribution is 0.534. The number of benzene rings is 1. The van der Waals surface area contributed by atoms with Crippen LogP contribution in [0.2, 0.25) is 0 Å². The van der Waals surface area contributed by atoms with Gasteiger partial charge < -0.3 is 19.6 Å². The zero-order valence-corrected chi connectivity index (χ0v) is 15.4. The summed E-state index contributed by atoms with van der Waals surface area (Å²) in [5, 5.41) is 15.9. The minimum Gasteiger partial charge on any atom is -0.459 e. The van der Waals surface area contributed by atoms with Crippen LogP contribution in [0.1, 0.15) is 23.0 Å². The van der Waals surface area contributed by atoms with Gasteiger partial charge in [-0.2, -0.15) is 0 Å². The number of hydrogen-bond donors (Lipinski definition) is 2. The summed E-state index contributed by atoms with van der Waals surface area (Å²) >= 11 is 0. The molecule has 0 bridgehead atoms. The molecule has 3 rings (SSSR count). The quantitative estimate of drug-likeness (QED) is 0.405. The Labute approximate surface area is 152 Å². The first-order valence-corrected chi connectivity index (χ1v) is 8.55. The molecule has 0 radical (unpaired) electrons. The van der Waals surface area contributed by atoms with E-state index >= 15 is 0 Å². The minimum atomic E-state index is 0.433. The summed E-state index contributed by atoms with van der Waals surface area (Å²) in [4.78, 5) is 4.59. The van der Waals surface area contributed by atoms with Crippen molar-refractivity contribution in [3.05, 3.63) is 59.9 Å². The average Bonchev–Trinajstić information content (AvgIpc) is 3.15. The van der Waals surface area contributed by atoms with Gasteiger partial charge in [-0.1, -0.05) is 24.3 Å². The van der Waals surface area contributed by atoms with Gasteiger partial charge in [0.25, 0.3) is 0 Å². The molecule has 2 heterocycles. The van der Waals surface area contributed by atoms with Crippen molar-refractivity contribution >= 4 is 16.9 Å². The predicted molar refractivity (Wildman–Crippen MR) is 103 cm³/mol. The Morgan fingerprint density at radius 3 is 2.77 bits per heavy atom. The van der Waals surface area contributed by atoms with Gasteiger partial charge in [0.1, 0.15) is 23.7 Å². The second kappa shape index (κ2) is 7.86. The van der Waals surface area contributed by atoms with Gasteiger partial charge in [-0.25, -0.2) is 4.99 Å². The van der Waals surface area contributed by atoms with Gasteiger partial charge in [0, 0.05) is 24.5 Å². The summed E-state index contributed by atoms with van der Waals surface area (Å²) in [6.07, 6.45) is 1.79. The maximum Gasteiger partial charge on any atom is 0.192 e. The molecule has 0 aliphatic rings. The Kier molecular flexibility index (Phi) is 5.36.